The monoisotopic (exact) mass is 309 g/mol. The molecule has 0 saturated carbocycles. The highest BCUT2D eigenvalue weighted by molar-refractivity contribution is 6.30. The largest absolute Gasteiger partial charge is 0.381 e. The van der Waals surface area contributed by atoms with E-state index < -0.39 is 0 Å². The first-order valence-corrected chi connectivity index (χ1v) is 8.18. The van der Waals surface area contributed by atoms with Gasteiger partial charge in [0.2, 0.25) is 0 Å². The van der Waals surface area contributed by atoms with Crippen LogP contribution < -0.4 is 10.6 Å². The van der Waals surface area contributed by atoms with Crippen LogP contribution in [-0.4, -0.2) is 56.9 Å². The number of halogens is 1. The van der Waals surface area contributed by atoms with E-state index in [1.807, 2.05) is 12.1 Å². The van der Waals surface area contributed by atoms with Gasteiger partial charge in [-0.25, -0.2) is 0 Å². The molecule has 1 aromatic rings. The smallest absolute Gasteiger partial charge is 0.0510 e. The van der Waals surface area contributed by atoms with Crippen molar-refractivity contribution in [1.29, 1.82) is 0 Å². The second-order valence-corrected chi connectivity index (χ2v) is 6.36. The van der Waals surface area contributed by atoms with Crippen molar-refractivity contribution in [1.82, 2.24) is 4.90 Å². The normalized spacial score (nSPS) is 25.2. The van der Waals surface area contributed by atoms with E-state index in [1.165, 1.54) is 5.69 Å². The third-order valence-electron chi connectivity index (χ3n) is 4.73. The lowest BCUT2D eigenvalue weighted by Crippen LogP contribution is -2.54. The molecule has 0 radical (unpaired) electrons. The van der Waals surface area contributed by atoms with Crippen LogP contribution in [0.15, 0.2) is 24.3 Å². The maximum Gasteiger partial charge on any atom is 0.0510 e. The topological polar surface area (TPSA) is 41.7 Å². The Balaban J connectivity index is 1.57. The highest BCUT2D eigenvalue weighted by Gasteiger charge is 2.31. The van der Waals surface area contributed by atoms with Gasteiger partial charge in [0, 0.05) is 62.0 Å². The van der Waals surface area contributed by atoms with Gasteiger partial charge in [0.15, 0.2) is 0 Å². The standard InChI is InChI=1S/C16H24ClN3O/c17-14-1-3-15(4-2-14)19-6-8-20(9-7-19)16(11-18)13-5-10-21-12-13/h1-4,13,16H,5-12,18H2. The molecule has 1 aromatic carbocycles. The minimum absolute atomic E-state index is 0.472. The lowest BCUT2D eigenvalue weighted by molar-refractivity contribution is 0.117. The molecule has 4 nitrogen and oxygen atoms in total. The Kier molecular flexibility index (Phi) is 5.01. The van der Waals surface area contributed by atoms with E-state index in [1.54, 1.807) is 0 Å². The van der Waals surface area contributed by atoms with E-state index in [0.717, 1.165) is 57.4 Å². The quantitative estimate of drug-likeness (QED) is 0.921. The molecule has 21 heavy (non-hydrogen) atoms. The van der Waals surface area contributed by atoms with Crippen molar-refractivity contribution in [3.63, 3.8) is 0 Å². The summed E-state index contributed by atoms with van der Waals surface area (Å²) >= 11 is 5.95. The molecule has 2 fully saturated rings. The van der Waals surface area contributed by atoms with Gasteiger partial charge in [-0.2, -0.15) is 0 Å². The van der Waals surface area contributed by atoms with Crippen molar-refractivity contribution >= 4 is 17.3 Å². The summed E-state index contributed by atoms with van der Waals surface area (Å²) in [6.07, 6.45) is 1.15. The number of piperazine rings is 1. The van der Waals surface area contributed by atoms with E-state index in [0.29, 0.717) is 12.0 Å². The zero-order valence-electron chi connectivity index (χ0n) is 12.4. The lowest BCUT2D eigenvalue weighted by Gasteiger charge is -2.41. The zero-order chi connectivity index (χ0) is 14.7. The molecular formula is C16H24ClN3O. The van der Waals surface area contributed by atoms with Crippen molar-refractivity contribution in [2.45, 2.75) is 12.5 Å². The van der Waals surface area contributed by atoms with Gasteiger partial charge in [-0.05, 0) is 30.7 Å². The molecular weight excluding hydrogens is 286 g/mol. The molecule has 2 heterocycles. The van der Waals surface area contributed by atoms with Gasteiger partial charge < -0.3 is 15.4 Å². The van der Waals surface area contributed by atoms with Crippen LogP contribution in [0.1, 0.15) is 6.42 Å². The average molecular weight is 310 g/mol. The van der Waals surface area contributed by atoms with E-state index in [4.69, 9.17) is 22.1 Å². The highest BCUT2D eigenvalue weighted by atomic mass is 35.5. The summed E-state index contributed by atoms with van der Waals surface area (Å²) in [7, 11) is 0. The molecule has 116 valence electrons. The molecule has 2 atom stereocenters. The molecule has 0 spiro atoms. The van der Waals surface area contributed by atoms with Crippen molar-refractivity contribution in [2.75, 3.05) is 50.8 Å². The van der Waals surface area contributed by atoms with Crippen LogP contribution in [-0.2, 0) is 4.74 Å². The van der Waals surface area contributed by atoms with Crippen LogP contribution in [0.5, 0.6) is 0 Å². The summed E-state index contributed by atoms with van der Waals surface area (Å²) in [6, 6.07) is 8.59. The van der Waals surface area contributed by atoms with Gasteiger partial charge in [-0.15, -0.1) is 0 Å². The highest BCUT2D eigenvalue weighted by Crippen LogP contribution is 2.24. The van der Waals surface area contributed by atoms with Crippen LogP contribution in [0.2, 0.25) is 5.02 Å². The molecule has 2 aliphatic heterocycles. The Morgan fingerprint density at radius 1 is 1.19 bits per heavy atom. The molecule has 2 N–H and O–H groups in total. The molecule has 5 heteroatoms. The summed E-state index contributed by atoms with van der Waals surface area (Å²) in [4.78, 5) is 4.97. The lowest BCUT2D eigenvalue weighted by atomic mass is 9.97. The summed E-state index contributed by atoms with van der Waals surface area (Å²) in [6.45, 7) is 6.74. The molecule has 2 unspecified atom stereocenters. The Hall–Kier alpha value is -0.810. The van der Waals surface area contributed by atoms with Gasteiger partial charge in [0.05, 0.1) is 6.61 Å². The first-order chi connectivity index (χ1) is 10.3. The summed E-state index contributed by atoms with van der Waals surface area (Å²) in [5.41, 5.74) is 7.28. The van der Waals surface area contributed by atoms with Crippen LogP contribution in [0.3, 0.4) is 0 Å². The van der Waals surface area contributed by atoms with Crippen molar-refractivity contribution in [3.8, 4) is 0 Å². The maximum absolute atomic E-state index is 6.02. The predicted molar refractivity (Wildman–Crippen MR) is 87.0 cm³/mol. The summed E-state index contributed by atoms with van der Waals surface area (Å²) in [5.74, 6) is 0.608. The minimum atomic E-state index is 0.472. The van der Waals surface area contributed by atoms with Crippen LogP contribution in [0.25, 0.3) is 0 Å². The summed E-state index contributed by atoms with van der Waals surface area (Å²) < 4.78 is 5.53. The fourth-order valence-electron chi connectivity index (χ4n) is 3.46. The first kappa shape index (κ1) is 15.1. The Bertz CT molecular complexity index is 439. The van der Waals surface area contributed by atoms with Gasteiger partial charge in [-0.3, -0.25) is 4.90 Å². The van der Waals surface area contributed by atoms with E-state index in [9.17, 15) is 0 Å². The number of rotatable bonds is 4. The Labute approximate surface area is 131 Å². The zero-order valence-corrected chi connectivity index (χ0v) is 13.1. The summed E-state index contributed by atoms with van der Waals surface area (Å²) in [5, 5.41) is 0.793. The number of hydrogen-bond acceptors (Lipinski definition) is 4. The van der Waals surface area contributed by atoms with E-state index in [2.05, 4.69) is 21.9 Å². The Morgan fingerprint density at radius 3 is 2.48 bits per heavy atom. The van der Waals surface area contributed by atoms with Crippen molar-refractivity contribution in [2.24, 2.45) is 11.7 Å². The molecule has 0 aliphatic carbocycles. The second kappa shape index (κ2) is 6.97. The number of nitrogens with two attached hydrogens (primary N) is 1. The van der Waals surface area contributed by atoms with Gasteiger partial charge >= 0.3 is 0 Å². The Morgan fingerprint density at radius 2 is 1.90 bits per heavy atom. The number of benzene rings is 1. The fraction of sp³-hybridized carbons (Fsp3) is 0.625. The second-order valence-electron chi connectivity index (χ2n) is 5.93. The van der Waals surface area contributed by atoms with Crippen molar-refractivity contribution < 1.29 is 4.74 Å². The number of hydrogen-bond donors (Lipinski definition) is 1. The predicted octanol–water partition coefficient (Wildman–Crippen LogP) is 1.83. The molecule has 3 rings (SSSR count). The average Bonchev–Trinajstić information content (AvgIpc) is 3.04. The van der Waals surface area contributed by atoms with Gasteiger partial charge in [0.1, 0.15) is 0 Å². The van der Waals surface area contributed by atoms with Crippen LogP contribution in [0.4, 0.5) is 5.69 Å². The first-order valence-electron chi connectivity index (χ1n) is 7.80. The van der Waals surface area contributed by atoms with Crippen LogP contribution in [0, 0.1) is 5.92 Å². The fourth-order valence-corrected chi connectivity index (χ4v) is 3.59. The molecule has 2 aliphatic rings. The SMILES string of the molecule is NCC(C1CCOC1)N1CCN(c2ccc(Cl)cc2)CC1. The van der Waals surface area contributed by atoms with E-state index >= 15 is 0 Å². The van der Waals surface area contributed by atoms with E-state index in [-0.39, 0.29) is 0 Å². The van der Waals surface area contributed by atoms with Crippen LogP contribution >= 0.6 is 11.6 Å². The molecule has 0 bridgehead atoms. The molecule has 2 saturated heterocycles. The number of ether oxygens (including phenoxy) is 1. The maximum atomic E-state index is 6.02. The third-order valence-corrected chi connectivity index (χ3v) is 4.98. The number of nitrogens with zero attached hydrogens (tertiary/aromatic N) is 2. The third kappa shape index (κ3) is 3.51. The van der Waals surface area contributed by atoms with Gasteiger partial charge in [0.25, 0.3) is 0 Å². The van der Waals surface area contributed by atoms with Crippen molar-refractivity contribution in [3.05, 3.63) is 29.3 Å². The molecule has 0 aromatic heterocycles. The molecule has 0 amide bonds. The minimum Gasteiger partial charge on any atom is -0.381 e. The van der Waals surface area contributed by atoms with Gasteiger partial charge in [-0.1, -0.05) is 11.6 Å². The number of anilines is 1.